The Labute approximate surface area is 121 Å². The zero-order valence-corrected chi connectivity index (χ0v) is 11.3. The molecule has 1 aromatic carbocycles. The fourth-order valence-electron chi connectivity index (χ4n) is 2.69. The van der Waals surface area contributed by atoms with Crippen LogP contribution in [0.1, 0.15) is 28.9 Å². The van der Waals surface area contributed by atoms with E-state index in [0.29, 0.717) is 24.1 Å². The maximum absolute atomic E-state index is 5.34. The first-order chi connectivity index (χ1) is 10.4. The van der Waals surface area contributed by atoms with Crippen LogP contribution in [-0.4, -0.2) is 21.8 Å². The highest BCUT2D eigenvalue weighted by atomic mass is 16.5. The number of para-hydroxylation sites is 1. The molecule has 0 saturated heterocycles. The number of nitrogens with one attached hydrogen (secondary N) is 1. The van der Waals surface area contributed by atoms with Gasteiger partial charge in [-0.05, 0) is 11.6 Å². The molecule has 4 rings (SSSR count). The van der Waals surface area contributed by atoms with E-state index in [1.54, 1.807) is 6.07 Å². The van der Waals surface area contributed by atoms with Crippen LogP contribution >= 0.6 is 0 Å². The predicted octanol–water partition coefficient (Wildman–Crippen LogP) is 2.40. The summed E-state index contributed by atoms with van der Waals surface area (Å²) in [5.74, 6) is 1.68. The molecule has 106 valence electrons. The highest BCUT2D eigenvalue weighted by Crippen LogP contribution is 2.32. The van der Waals surface area contributed by atoms with E-state index < -0.39 is 0 Å². The molecule has 6 nitrogen and oxygen atoms in total. The van der Waals surface area contributed by atoms with Crippen molar-refractivity contribution in [3.63, 3.8) is 0 Å². The number of benzene rings is 1. The Hall–Kier alpha value is -2.63. The van der Waals surface area contributed by atoms with Crippen LogP contribution in [0.5, 0.6) is 0 Å². The second-order valence-corrected chi connectivity index (χ2v) is 5.14. The van der Waals surface area contributed by atoms with E-state index in [9.17, 15) is 0 Å². The molecule has 21 heavy (non-hydrogen) atoms. The summed E-state index contributed by atoms with van der Waals surface area (Å²) in [6.07, 6.45) is 2.81. The van der Waals surface area contributed by atoms with E-state index in [1.807, 2.05) is 6.07 Å². The Bertz CT molecular complexity index is 736. The molecule has 0 bridgehead atoms. The maximum atomic E-state index is 5.34. The molecule has 2 aromatic heterocycles. The third kappa shape index (κ3) is 2.40. The van der Waals surface area contributed by atoms with Gasteiger partial charge in [-0.2, -0.15) is 4.98 Å². The number of rotatable bonds is 4. The Morgan fingerprint density at radius 3 is 3.05 bits per heavy atom. The van der Waals surface area contributed by atoms with Crippen molar-refractivity contribution >= 4 is 5.69 Å². The van der Waals surface area contributed by atoms with Crippen molar-refractivity contribution in [1.29, 1.82) is 0 Å². The minimum Gasteiger partial charge on any atom is -0.384 e. The van der Waals surface area contributed by atoms with Gasteiger partial charge in [0.15, 0.2) is 5.82 Å². The molecule has 3 heterocycles. The average molecular weight is 282 g/mol. The molecule has 3 aromatic rings. The molecule has 6 heteroatoms. The third-order valence-electron chi connectivity index (χ3n) is 3.70. The fraction of sp³-hybridized carbons (Fsp3) is 0.267. The molecule has 0 saturated carbocycles. The summed E-state index contributed by atoms with van der Waals surface area (Å²) >= 11 is 0. The van der Waals surface area contributed by atoms with Gasteiger partial charge in [-0.1, -0.05) is 28.5 Å². The normalized spacial score (nSPS) is 16.7. The Morgan fingerprint density at radius 2 is 2.14 bits per heavy atom. The van der Waals surface area contributed by atoms with Gasteiger partial charge in [-0.3, -0.25) is 0 Å². The van der Waals surface area contributed by atoms with E-state index in [1.165, 1.54) is 17.5 Å². The van der Waals surface area contributed by atoms with Crippen LogP contribution in [0.25, 0.3) is 0 Å². The maximum Gasteiger partial charge on any atom is 0.227 e. The van der Waals surface area contributed by atoms with Crippen LogP contribution in [0.15, 0.2) is 45.6 Å². The van der Waals surface area contributed by atoms with Gasteiger partial charge < -0.3 is 14.4 Å². The lowest BCUT2D eigenvalue weighted by Gasteiger charge is -2.05. The summed E-state index contributed by atoms with van der Waals surface area (Å²) in [5, 5.41) is 11.2. The van der Waals surface area contributed by atoms with E-state index in [2.05, 4.69) is 38.8 Å². The Kier molecular flexibility index (Phi) is 2.92. The highest BCUT2D eigenvalue weighted by molar-refractivity contribution is 5.57. The first-order valence-corrected chi connectivity index (χ1v) is 6.92. The van der Waals surface area contributed by atoms with Crippen LogP contribution in [0.4, 0.5) is 5.69 Å². The van der Waals surface area contributed by atoms with Gasteiger partial charge >= 0.3 is 0 Å². The average Bonchev–Trinajstić information content (AvgIpc) is 3.23. The predicted molar refractivity (Wildman–Crippen MR) is 75.0 cm³/mol. The van der Waals surface area contributed by atoms with Gasteiger partial charge in [-0.15, -0.1) is 0 Å². The van der Waals surface area contributed by atoms with Crippen LogP contribution < -0.4 is 5.32 Å². The zero-order valence-electron chi connectivity index (χ0n) is 11.3. The largest absolute Gasteiger partial charge is 0.384 e. The number of hydrogen-bond acceptors (Lipinski definition) is 6. The molecule has 0 aliphatic carbocycles. The molecule has 1 aliphatic rings. The van der Waals surface area contributed by atoms with Gasteiger partial charge in [0, 0.05) is 30.6 Å². The van der Waals surface area contributed by atoms with Crippen molar-refractivity contribution in [2.75, 3.05) is 11.9 Å². The Morgan fingerprint density at radius 1 is 1.19 bits per heavy atom. The lowest BCUT2D eigenvalue weighted by molar-refractivity contribution is 0.366. The summed E-state index contributed by atoms with van der Waals surface area (Å²) in [5.41, 5.74) is 3.31. The monoisotopic (exact) mass is 282 g/mol. The van der Waals surface area contributed by atoms with Crippen molar-refractivity contribution in [3.8, 4) is 0 Å². The first-order valence-electron chi connectivity index (χ1n) is 6.92. The second kappa shape index (κ2) is 5.05. The van der Waals surface area contributed by atoms with E-state index in [4.69, 9.17) is 9.05 Å². The van der Waals surface area contributed by atoms with Gasteiger partial charge in [-0.25, -0.2) is 0 Å². The number of aromatic nitrogens is 3. The minimum absolute atomic E-state index is 0.376. The van der Waals surface area contributed by atoms with Crippen molar-refractivity contribution in [2.24, 2.45) is 0 Å². The van der Waals surface area contributed by atoms with Gasteiger partial charge in [0.2, 0.25) is 5.89 Å². The van der Waals surface area contributed by atoms with Crippen LogP contribution in [0, 0.1) is 0 Å². The third-order valence-corrected chi connectivity index (χ3v) is 3.70. The number of anilines is 1. The minimum atomic E-state index is 0.376. The molecule has 0 amide bonds. The number of nitrogens with zero attached hydrogens (tertiary/aromatic N) is 3. The Balaban J connectivity index is 1.48. The summed E-state index contributed by atoms with van der Waals surface area (Å²) < 4.78 is 10.1. The summed E-state index contributed by atoms with van der Waals surface area (Å²) in [7, 11) is 0. The molecule has 1 aliphatic heterocycles. The lowest BCUT2D eigenvalue weighted by Crippen LogP contribution is -2.05. The topological polar surface area (TPSA) is 77.0 Å². The molecular formula is C15H14N4O2. The van der Waals surface area contributed by atoms with Crippen molar-refractivity contribution < 1.29 is 9.05 Å². The quantitative estimate of drug-likeness (QED) is 0.791. The van der Waals surface area contributed by atoms with Crippen LogP contribution in [0.2, 0.25) is 0 Å². The smallest absolute Gasteiger partial charge is 0.227 e. The first kappa shape index (κ1) is 12.1. The fourth-order valence-corrected chi connectivity index (χ4v) is 2.69. The molecule has 1 atom stereocenters. The molecule has 1 N–H and O–H groups in total. The van der Waals surface area contributed by atoms with Crippen molar-refractivity contribution in [3.05, 3.63) is 59.6 Å². The second-order valence-electron chi connectivity index (χ2n) is 5.14. The molecule has 0 fully saturated rings. The van der Waals surface area contributed by atoms with E-state index >= 15 is 0 Å². The number of hydrogen-bond donors (Lipinski definition) is 1. The van der Waals surface area contributed by atoms with Crippen LogP contribution in [-0.2, 0) is 12.8 Å². The summed E-state index contributed by atoms with van der Waals surface area (Å²) in [6, 6.07) is 10.1. The van der Waals surface area contributed by atoms with Crippen molar-refractivity contribution in [2.45, 2.75) is 18.8 Å². The van der Waals surface area contributed by atoms with Gasteiger partial charge in [0.05, 0.1) is 12.1 Å². The highest BCUT2D eigenvalue weighted by Gasteiger charge is 2.24. The van der Waals surface area contributed by atoms with Gasteiger partial charge in [0.1, 0.15) is 6.26 Å². The molecule has 0 spiro atoms. The molecule has 1 unspecified atom stereocenters. The van der Waals surface area contributed by atoms with Gasteiger partial charge in [0.25, 0.3) is 0 Å². The standard InChI is InChI=1S/C15H14N4O2/c1-2-4-13-12(3-1)10(9-16-13)7-15-17-14(19-21-15)8-11-5-6-20-18-11/h1-6,10,16H,7-9H2. The van der Waals surface area contributed by atoms with E-state index in [0.717, 1.165) is 18.7 Å². The molecule has 0 radical (unpaired) electrons. The lowest BCUT2D eigenvalue weighted by atomic mass is 9.98. The molecular weight excluding hydrogens is 268 g/mol. The van der Waals surface area contributed by atoms with Crippen molar-refractivity contribution in [1.82, 2.24) is 15.3 Å². The number of fused-ring (bicyclic) bond motifs is 1. The summed E-state index contributed by atoms with van der Waals surface area (Å²) in [4.78, 5) is 4.43. The van der Waals surface area contributed by atoms with E-state index in [-0.39, 0.29) is 0 Å². The zero-order chi connectivity index (χ0) is 14.1. The SMILES string of the molecule is c1ccc2c(c1)NCC2Cc1nc(Cc2ccon2)no1. The van der Waals surface area contributed by atoms with Crippen LogP contribution in [0.3, 0.4) is 0 Å². The summed E-state index contributed by atoms with van der Waals surface area (Å²) in [6.45, 7) is 0.903.